The second kappa shape index (κ2) is 8.16. The van der Waals surface area contributed by atoms with Crippen molar-refractivity contribution in [2.24, 2.45) is 0 Å². The van der Waals surface area contributed by atoms with Crippen LogP contribution in [0.1, 0.15) is 28.1 Å². The maximum absolute atomic E-state index is 12.4. The maximum atomic E-state index is 12.4. The van der Waals surface area contributed by atoms with Crippen molar-refractivity contribution >= 4 is 5.65 Å². The molecule has 0 aliphatic heterocycles. The van der Waals surface area contributed by atoms with Crippen LogP contribution in [0.5, 0.6) is 5.75 Å². The van der Waals surface area contributed by atoms with E-state index in [9.17, 15) is 4.79 Å². The quantitative estimate of drug-likeness (QED) is 0.486. The van der Waals surface area contributed by atoms with Crippen LogP contribution in [0.4, 0.5) is 0 Å². The molecule has 4 rings (SSSR count). The van der Waals surface area contributed by atoms with Crippen molar-refractivity contribution in [1.29, 1.82) is 0 Å². The van der Waals surface area contributed by atoms with E-state index in [0.29, 0.717) is 30.3 Å². The lowest BCUT2D eigenvalue weighted by Gasteiger charge is -2.14. The highest BCUT2D eigenvalue weighted by Gasteiger charge is 2.16. The molecule has 6 heteroatoms. The third-order valence-electron chi connectivity index (χ3n) is 5.37. The molecular formula is C24H25N3O3. The first-order valence-electron chi connectivity index (χ1n) is 9.86. The highest BCUT2D eigenvalue weighted by atomic mass is 16.5. The zero-order chi connectivity index (χ0) is 21.3. The molecule has 0 radical (unpaired) electrons. The number of imidazole rings is 1. The topological polar surface area (TPSA) is 57.8 Å². The van der Waals surface area contributed by atoms with Gasteiger partial charge in [0.05, 0.1) is 23.7 Å². The lowest BCUT2D eigenvalue weighted by molar-refractivity contribution is 0.180. The van der Waals surface area contributed by atoms with Crippen LogP contribution in [-0.2, 0) is 18.0 Å². The Morgan fingerprint density at radius 2 is 1.77 bits per heavy atom. The van der Waals surface area contributed by atoms with Crippen molar-refractivity contribution in [1.82, 2.24) is 14.0 Å². The van der Waals surface area contributed by atoms with Crippen LogP contribution < -0.4 is 10.3 Å². The first kappa shape index (κ1) is 19.9. The summed E-state index contributed by atoms with van der Waals surface area (Å²) in [5, 5.41) is 0. The molecule has 0 bridgehead atoms. The Morgan fingerprint density at radius 1 is 1.00 bits per heavy atom. The molecular weight excluding hydrogens is 378 g/mol. The summed E-state index contributed by atoms with van der Waals surface area (Å²) < 4.78 is 15.2. The molecule has 0 aliphatic rings. The third-order valence-corrected chi connectivity index (χ3v) is 5.37. The Bertz CT molecular complexity index is 1250. The van der Waals surface area contributed by atoms with Gasteiger partial charge in [0.2, 0.25) is 0 Å². The number of fused-ring (bicyclic) bond motifs is 1. The normalized spacial score (nSPS) is 11.2. The summed E-state index contributed by atoms with van der Waals surface area (Å²) in [4.78, 5) is 17.1. The molecule has 0 atom stereocenters. The molecule has 1 aromatic carbocycles. The fraction of sp³-hybridized carbons (Fsp3) is 0.250. The van der Waals surface area contributed by atoms with Crippen molar-refractivity contribution in [3.05, 3.63) is 93.3 Å². The molecule has 30 heavy (non-hydrogen) atoms. The van der Waals surface area contributed by atoms with Crippen molar-refractivity contribution in [3.8, 4) is 11.4 Å². The summed E-state index contributed by atoms with van der Waals surface area (Å²) in [5.41, 5.74) is 6.61. The van der Waals surface area contributed by atoms with Crippen LogP contribution in [0.3, 0.4) is 0 Å². The number of nitrogens with zero attached hydrogens (tertiary/aromatic N) is 3. The van der Waals surface area contributed by atoms with Gasteiger partial charge >= 0.3 is 0 Å². The van der Waals surface area contributed by atoms with Gasteiger partial charge in [0.25, 0.3) is 5.56 Å². The molecule has 0 fully saturated rings. The molecule has 0 unspecified atom stereocenters. The smallest absolute Gasteiger partial charge is 0.255 e. The van der Waals surface area contributed by atoms with Gasteiger partial charge in [-0.2, -0.15) is 0 Å². The predicted molar refractivity (Wildman–Crippen MR) is 116 cm³/mol. The Hall–Kier alpha value is -3.38. The number of benzene rings is 1. The largest absolute Gasteiger partial charge is 0.485 e. The standard InChI is InChI=1S/C24H25N3O3/c1-16-8-7-9-17(2)20(16)14-30-22-12-19(26-11-6-5-10-23(26)28)13-27-21(15-29-4)18(3)25-24(22)27/h5-13H,14-15H2,1-4H3. The molecule has 0 N–H and O–H groups in total. The fourth-order valence-electron chi connectivity index (χ4n) is 3.68. The summed E-state index contributed by atoms with van der Waals surface area (Å²) in [6.07, 6.45) is 3.65. The number of aromatic nitrogens is 3. The zero-order valence-corrected chi connectivity index (χ0v) is 17.7. The van der Waals surface area contributed by atoms with Crippen molar-refractivity contribution < 1.29 is 9.47 Å². The number of rotatable bonds is 6. The summed E-state index contributed by atoms with van der Waals surface area (Å²) in [6.45, 7) is 6.95. The predicted octanol–water partition coefficient (Wildman–Crippen LogP) is 4.14. The Kier molecular flexibility index (Phi) is 5.42. The van der Waals surface area contributed by atoms with E-state index in [-0.39, 0.29) is 5.56 Å². The first-order valence-corrected chi connectivity index (χ1v) is 9.86. The van der Waals surface area contributed by atoms with Crippen molar-refractivity contribution in [2.45, 2.75) is 34.0 Å². The molecule has 0 saturated carbocycles. The highest BCUT2D eigenvalue weighted by molar-refractivity contribution is 5.60. The van der Waals surface area contributed by atoms with E-state index in [1.54, 1.807) is 23.9 Å². The zero-order valence-electron chi connectivity index (χ0n) is 17.7. The Balaban J connectivity index is 1.86. The minimum atomic E-state index is -0.109. The maximum Gasteiger partial charge on any atom is 0.255 e. The summed E-state index contributed by atoms with van der Waals surface area (Å²) >= 11 is 0. The fourth-order valence-corrected chi connectivity index (χ4v) is 3.68. The summed E-state index contributed by atoms with van der Waals surface area (Å²) in [6, 6.07) is 13.2. The van der Waals surface area contributed by atoms with E-state index >= 15 is 0 Å². The minimum Gasteiger partial charge on any atom is -0.485 e. The van der Waals surface area contributed by atoms with E-state index < -0.39 is 0 Å². The highest BCUT2D eigenvalue weighted by Crippen LogP contribution is 2.27. The SMILES string of the molecule is COCc1c(C)nc2c(OCc3c(C)cccc3C)cc(-n3ccccc3=O)cn12. The number of ether oxygens (including phenoxy) is 2. The van der Waals surface area contributed by atoms with E-state index in [0.717, 1.165) is 17.0 Å². The molecule has 0 saturated heterocycles. The molecule has 6 nitrogen and oxygen atoms in total. The molecule has 0 amide bonds. The summed E-state index contributed by atoms with van der Waals surface area (Å²) in [7, 11) is 1.66. The van der Waals surface area contributed by atoms with Gasteiger partial charge in [-0.05, 0) is 43.5 Å². The first-order chi connectivity index (χ1) is 14.5. The monoisotopic (exact) mass is 403 g/mol. The van der Waals surface area contributed by atoms with Crippen molar-refractivity contribution in [2.75, 3.05) is 7.11 Å². The lowest BCUT2D eigenvalue weighted by Crippen LogP contribution is -2.16. The van der Waals surface area contributed by atoms with Crippen LogP contribution in [0.25, 0.3) is 11.3 Å². The van der Waals surface area contributed by atoms with Gasteiger partial charge in [0, 0.05) is 31.6 Å². The van der Waals surface area contributed by atoms with Gasteiger partial charge in [-0.15, -0.1) is 0 Å². The second-order valence-corrected chi connectivity index (χ2v) is 7.40. The third kappa shape index (κ3) is 3.62. The lowest BCUT2D eigenvalue weighted by atomic mass is 10.0. The number of methoxy groups -OCH3 is 1. The van der Waals surface area contributed by atoms with E-state index in [2.05, 4.69) is 26.0 Å². The second-order valence-electron chi connectivity index (χ2n) is 7.40. The van der Waals surface area contributed by atoms with Crippen LogP contribution >= 0.6 is 0 Å². The minimum absolute atomic E-state index is 0.109. The number of pyridine rings is 2. The van der Waals surface area contributed by atoms with Gasteiger partial charge < -0.3 is 9.47 Å². The van der Waals surface area contributed by atoms with Crippen LogP contribution in [0.15, 0.2) is 59.7 Å². The van der Waals surface area contributed by atoms with Crippen LogP contribution in [0.2, 0.25) is 0 Å². The Labute approximate surface area is 175 Å². The van der Waals surface area contributed by atoms with E-state index in [4.69, 9.17) is 14.5 Å². The average Bonchev–Trinajstić information content (AvgIpc) is 3.04. The molecule has 154 valence electrons. The van der Waals surface area contributed by atoms with Gasteiger partial charge in [-0.25, -0.2) is 4.98 Å². The van der Waals surface area contributed by atoms with Gasteiger partial charge in [-0.3, -0.25) is 13.8 Å². The molecule has 4 aromatic rings. The molecule has 3 heterocycles. The number of hydrogen-bond donors (Lipinski definition) is 0. The van der Waals surface area contributed by atoms with Gasteiger partial charge in [0.15, 0.2) is 11.4 Å². The van der Waals surface area contributed by atoms with E-state index in [1.165, 1.54) is 17.2 Å². The number of hydrogen-bond acceptors (Lipinski definition) is 4. The summed E-state index contributed by atoms with van der Waals surface area (Å²) in [5.74, 6) is 0.622. The molecule has 3 aromatic heterocycles. The van der Waals surface area contributed by atoms with Gasteiger partial charge in [-0.1, -0.05) is 24.3 Å². The molecule has 0 aliphatic carbocycles. The van der Waals surface area contributed by atoms with Crippen LogP contribution in [-0.4, -0.2) is 21.1 Å². The van der Waals surface area contributed by atoms with Crippen LogP contribution in [0, 0.1) is 20.8 Å². The van der Waals surface area contributed by atoms with E-state index in [1.807, 2.05) is 35.7 Å². The molecule has 0 spiro atoms. The van der Waals surface area contributed by atoms with Crippen molar-refractivity contribution in [3.63, 3.8) is 0 Å². The average molecular weight is 403 g/mol. The van der Waals surface area contributed by atoms with Gasteiger partial charge in [0.1, 0.15) is 6.61 Å². The Morgan fingerprint density at radius 3 is 2.47 bits per heavy atom. The number of aryl methyl sites for hydroxylation is 3.